The molecule has 0 aliphatic rings. The summed E-state index contributed by atoms with van der Waals surface area (Å²) >= 11 is 3.14. The predicted molar refractivity (Wildman–Crippen MR) is 65.6 cm³/mol. The molecule has 0 atom stereocenters. The normalized spacial score (nSPS) is 9.53. The number of nitrogens with zero attached hydrogens (tertiary/aromatic N) is 1. The lowest BCUT2D eigenvalue weighted by molar-refractivity contribution is 0.102. The Morgan fingerprint density at radius 1 is 1.53 bits per heavy atom. The van der Waals surface area contributed by atoms with Crippen molar-refractivity contribution in [1.29, 1.82) is 0 Å². The SMILES string of the molecule is CC.O=C(CBr)c1c[nH]c2ncccc12. The van der Waals surface area contributed by atoms with Gasteiger partial charge in [-0.2, -0.15) is 0 Å². The van der Waals surface area contributed by atoms with Crippen LogP contribution in [0, 0.1) is 0 Å². The van der Waals surface area contributed by atoms with Crippen molar-refractivity contribution in [2.45, 2.75) is 13.8 Å². The number of aromatic nitrogens is 2. The van der Waals surface area contributed by atoms with Crippen LogP contribution in [0.25, 0.3) is 11.0 Å². The summed E-state index contributed by atoms with van der Waals surface area (Å²) in [5.74, 6) is 0.0688. The molecule has 1 N–H and O–H groups in total. The van der Waals surface area contributed by atoms with Crippen molar-refractivity contribution in [2.75, 3.05) is 5.33 Å². The molecule has 0 spiro atoms. The standard InChI is InChI=1S/C9H7BrN2O.C2H6/c10-4-8(13)7-5-12-9-6(7)2-1-3-11-9;1-2/h1-3,5H,4H2,(H,11,12);1-2H3. The molecule has 0 fully saturated rings. The maximum absolute atomic E-state index is 11.4. The zero-order chi connectivity index (χ0) is 11.3. The average molecular weight is 269 g/mol. The largest absolute Gasteiger partial charge is 0.345 e. The van der Waals surface area contributed by atoms with Crippen LogP contribution in [-0.4, -0.2) is 21.1 Å². The van der Waals surface area contributed by atoms with E-state index in [1.165, 1.54) is 0 Å². The number of alkyl halides is 1. The number of halogens is 1. The molecule has 0 saturated carbocycles. The molecular weight excluding hydrogens is 256 g/mol. The van der Waals surface area contributed by atoms with Gasteiger partial charge < -0.3 is 4.98 Å². The van der Waals surface area contributed by atoms with E-state index in [2.05, 4.69) is 25.9 Å². The fourth-order valence-corrected chi connectivity index (χ4v) is 1.56. The third-order valence-corrected chi connectivity index (χ3v) is 2.38. The van der Waals surface area contributed by atoms with Gasteiger partial charge in [0.25, 0.3) is 0 Å². The average Bonchev–Trinajstić information content (AvgIpc) is 2.74. The fourth-order valence-electron chi connectivity index (χ4n) is 1.26. The minimum atomic E-state index is 0.0688. The number of fused-ring (bicyclic) bond motifs is 1. The summed E-state index contributed by atoms with van der Waals surface area (Å²) in [5, 5.41) is 1.22. The van der Waals surface area contributed by atoms with Gasteiger partial charge in [0, 0.05) is 23.3 Å². The van der Waals surface area contributed by atoms with Crippen molar-refractivity contribution in [2.24, 2.45) is 0 Å². The predicted octanol–water partition coefficient (Wildman–Crippen LogP) is 3.17. The van der Waals surface area contributed by atoms with E-state index in [0.717, 1.165) is 11.0 Å². The van der Waals surface area contributed by atoms with E-state index in [9.17, 15) is 4.79 Å². The number of nitrogens with one attached hydrogen (secondary N) is 1. The summed E-state index contributed by atoms with van der Waals surface area (Å²) in [5.41, 5.74) is 1.45. The second-order valence-corrected chi connectivity index (χ2v) is 3.22. The Morgan fingerprint density at radius 2 is 2.27 bits per heavy atom. The Morgan fingerprint density at radius 3 is 2.93 bits per heavy atom. The number of pyridine rings is 1. The number of H-pyrrole nitrogens is 1. The van der Waals surface area contributed by atoms with Crippen molar-refractivity contribution in [3.8, 4) is 0 Å². The molecule has 3 nitrogen and oxygen atoms in total. The van der Waals surface area contributed by atoms with Gasteiger partial charge in [-0.1, -0.05) is 29.8 Å². The maximum Gasteiger partial charge on any atom is 0.175 e. The van der Waals surface area contributed by atoms with Crippen LogP contribution in [-0.2, 0) is 0 Å². The molecule has 2 aromatic heterocycles. The monoisotopic (exact) mass is 268 g/mol. The van der Waals surface area contributed by atoms with Gasteiger partial charge in [0.2, 0.25) is 0 Å². The first kappa shape index (κ1) is 11.9. The van der Waals surface area contributed by atoms with Crippen LogP contribution in [0.15, 0.2) is 24.5 Å². The Kier molecular flexibility index (Phi) is 4.49. The van der Waals surface area contributed by atoms with Gasteiger partial charge in [0.05, 0.1) is 5.33 Å². The quantitative estimate of drug-likeness (QED) is 0.672. The second kappa shape index (κ2) is 5.66. The third kappa shape index (κ3) is 2.45. The molecular formula is C11H13BrN2O. The minimum Gasteiger partial charge on any atom is -0.345 e. The van der Waals surface area contributed by atoms with Gasteiger partial charge in [-0.3, -0.25) is 4.79 Å². The highest BCUT2D eigenvalue weighted by Crippen LogP contribution is 2.16. The molecule has 0 saturated heterocycles. The fraction of sp³-hybridized carbons (Fsp3) is 0.273. The molecule has 4 heteroatoms. The molecule has 0 unspecified atom stereocenters. The summed E-state index contributed by atoms with van der Waals surface area (Å²) in [4.78, 5) is 18.4. The Bertz CT molecular complexity index is 451. The zero-order valence-electron chi connectivity index (χ0n) is 8.75. The van der Waals surface area contributed by atoms with Crippen LogP contribution in [0.3, 0.4) is 0 Å². The number of Topliss-reactive ketones (excluding diaryl/α,β-unsaturated/α-hetero) is 1. The topological polar surface area (TPSA) is 45.8 Å². The van der Waals surface area contributed by atoms with Crippen molar-refractivity contribution >= 4 is 32.7 Å². The van der Waals surface area contributed by atoms with E-state index in [-0.39, 0.29) is 5.78 Å². The molecule has 2 heterocycles. The van der Waals surface area contributed by atoms with Crippen LogP contribution in [0.1, 0.15) is 24.2 Å². The van der Waals surface area contributed by atoms with Crippen molar-refractivity contribution in [1.82, 2.24) is 9.97 Å². The van der Waals surface area contributed by atoms with Gasteiger partial charge in [-0.25, -0.2) is 4.98 Å². The van der Waals surface area contributed by atoms with Crippen LogP contribution < -0.4 is 0 Å². The Labute approximate surface area is 97.0 Å². The Balaban J connectivity index is 0.000000531. The van der Waals surface area contributed by atoms with Crippen molar-refractivity contribution in [3.05, 3.63) is 30.1 Å². The number of aromatic amines is 1. The van der Waals surface area contributed by atoms with E-state index >= 15 is 0 Å². The van der Waals surface area contributed by atoms with Gasteiger partial charge in [0.1, 0.15) is 5.65 Å². The highest BCUT2D eigenvalue weighted by Gasteiger charge is 2.09. The number of hydrogen-bond donors (Lipinski definition) is 1. The lowest BCUT2D eigenvalue weighted by Gasteiger charge is -1.92. The number of rotatable bonds is 2. The molecule has 0 amide bonds. The molecule has 80 valence electrons. The first-order chi connectivity index (χ1) is 7.33. The Hall–Kier alpha value is -1.16. The van der Waals surface area contributed by atoms with E-state index in [4.69, 9.17) is 0 Å². The maximum atomic E-state index is 11.4. The van der Waals surface area contributed by atoms with Crippen molar-refractivity contribution < 1.29 is 4.79 Å². The summed E-state index contributed by atoms with van der Waals surface area (Å²) in [6, 6.07) is 3.70. The van der Waals surface area contributed by atoms with Gasteiger partial charge in [0.15, 0.2) is 5.78 Å². The number of carbonyl (C=O) groups is 1. The third-order valence-electron chi connectivity index (χ3n) is 1.87. The molecule has 0 radical (unpaired) electrons. The highest BCUT2D eigenvalue weighted by molar-refractivity contribution is 9.09. The molecule has 0 aliphatic heterocycles. The van der Waals surface area contributed by atoms with Gasteiger partial charge in [-0.15, -0.1) is 0 Å². The highest BCUT2D eigenvalue weighted by atomic mass is 79.9. The minimum absolute atomic E-state index is 0.0688. The zero-order valence-corrected chi connectivity index (χ0v) is 10.3. The van der Waals surface area contributed by atoms with Crippen LogP contribution in [0.5, 0.6) is 0 Å². The van der Waals surface area contributed by atoms with Gasteiger partial charge in [-0.05, 0) is 12.1 Å². The van der Waals surface area contributed by atoms with Gasteiger partial charge >= 0.3 is 0 Å². The lowest BCUT2D eigenvalue weighted by atomic mass is 10.2. The van der Waals surface area contributed by atoms with Crippen LogP contribution >= 0.6 is 15.9 Å². The van der Waals surface area contributed by atoms with E-state index in [1.54, 1.807) is 12.4 Å². The van der Waals surface area contributed by atoms with E-state index in [1.807, 2.05) is 26.0 Å². The molecule has 0 bridgehead atoms. The first-order valence-electron chi connectivity index (χ1n) is 4.84. The number of carbonyl (C=O) groups excluding carboxylic acids is 1. The molecule has 2 rings (SSSR count). The second-order valence-electron chi connectivity index (χ2n) is 2.66. The number of ketones is 1. The summed E-state index contributed by atoms with van der Waals surface area (Å²) in [6.07, 6.45) is 3.39. The number of hydrogen-bond acceptors (Lipinski definition) is 2. The molecule has 2 aromatic rings. The lowest BCUT2D eigenvalue weighted by Crippen LogP contribution is -1.97. The van der Waals surface area contributed by atoms with Crippen LogP contribution in [0.4, 0.5) is 0 Å². The smallest absolute Gasteiger partial charge is 0.175 e. The first-order valence-corrected chi connectivity index (χ1v) is 5.96. The summed E-state index contributed by atoms with van der Waals surface area (Å²) in [7, 11) is 0. The summed E-state index contributed by atoms with van der Waals surface area (Å²) in [6.45, 7) is 4.00. The van der Waals surface area contributed by atoms with E-state index in [0.29, 0.717) is 10.9 Å². The van der Waals surface area contributed by atoms with Crippen molar-refractivity contribution in [3.63, 3.8) is 0 Å². The van der Waals surface area contributed by atoms with E-state index < -0.39 is 0 Å². The molecule has 0 aromatic carbocycles. The molecule has 15 heavy (non-hydrogen) atoms. The molecule has 0 aliphatic carbocycles. The summed E-state index contributed by atoms with van der Waals surface area (Å²) < 4.78 is 0. The van der Waals surface area contributed by atoms with Crippen LogP contribution in [0.2, 0.25) is 0 Å².